The zero-order valence-corrected chi connectivity index (χ0v) is 7.84. The van der Waals surface area contributed by atoms with E-state index in [0.29, 0.717) is 13.2 Å². The number of hydrogen-bond donors (Lipinski definition) is 3. The van der Waals surface area contributed by atoms with E-state index in [2.05, 4.69) is 13.8 Å². The molecule has 0 amide bonds. The van der Waals surface area contributed by atoms with E-state index in [1.165, 1.54) is 0 Å². The van der Waals surface area contributed by atoms with Crippen molar-refractivity contribution in [3.05, 3.63) is 0 Å². The van der Waals surface area contributed by atoms with Gasteiger partial charge < -0.3 is 16.4 Å². The van der Waals surface area contributed by atoms with Gasteiger partial charge in [0, 0.05) is 13.2 Å². The summed E-state index contributed by atoms with van der Waals surface area (Å²) in [5.41, 5.74) is 0. The van der Waals surface area contributed by atoms with Crippen LogP contribution in [0, 0.1) is 0 Å². The van der Waals surface area contributed by atoms with Crippen LogP contribution in [-0.4, -0.2) is 23.4 Å². The van der Waals surface area contributed by atoms with E-state index in [9.17, 15) is 0 Å². The number of rotatable bonds is 4. The number of hydrogen-bond acceptors (Lipinski definition) is 3. The van der Waals surface area contributed by atoms with Crippen molar-refractivity contribution < 1.29 is 10.2 Å². The second-order valence-corrected chi connectivity index (χ2v) is 2.15. The quantitative estimate of drug-likeness (QED) is 0.593. The number of unbranched alkanes of at least 4 members (excludes halogenated alkanes) is 2. The highest BCUT2D eigenvalue weighted by atomic mass is 16.3. The first-order valence-corrected chi connectivity index (χ1v) is 4.05. The molecular weight excluding hydrogens is 142 g/mol. The van der Waals surface area contributed by atoms with E-state index in [4.69, 9.17) is 10.2 Å². The molecule has 0 aromatic carbocycles. The summed E-state index contributed by atoms with van der Waals surface area (Å²) in [7, 11) is 0. The average Bonchev–Trinajstić information content (AvgIpc) is 1.93. The van der Waals surface area contributed by atoms with Gasteiger partial charge in [-0.25, -0.2) is 0 Å². The predicted octanol–water partition coefficient (Wildman–Crippen LogP) is 1.72. The van der Waals surface area contributed by atoms with Gasteiger partial charge >= 0.3 is 0 Å². The molecule has 0 rings (SSSR count). The lowest BCUT2D eigenvalue weighted by atomic mass is 10.4. The van der Waals surface area contributed by atoms with Gasteiger partial charge in [-0.2, -0.15) is 0 Å². The van der Waals surface area contributed by atoms with E-state index in [1.807, 2.05) is 0 Å². The highest BCUT2D eigenvalue weighted by Gasteiger charge is 1.69. The zero-order valence-electron chi connectivity index (χ0n) is 7.84. The van der Waals surface area contributed by atoms with Crippen molar-refractivity contribution in [2.45, 2.75) is 39.5 Å². The lowest BCUT2D eigenvalue weighted by Gasteiger charge is -1.79. The summed E-state index contributed by atoms with van der Waals surface area (Å²) in [6, 6.07) is 0. The van der Waals surface area contributed by atoms with E-state index in [0.717, 1.165) is 25.7 Å². The van der Waals surface area contributed by atoms with Crippen LogP contribution >= 0.6 is 0 Å². The first kappa shape index (κ1) is 17.1. The Morgan fingerprint density at radius 1 is 0.818 bits per heavy atom. The maximum atomic E-state index is 8.07. The van der Waals surface area contributed by atoms with Crippen molar-refractivity contribution in [1.29, 1.82) is 0 Å². The fourth-order valence-electron chi connectivity index (χ4n) is 0.316. The third kappa shape index (κ3) is 40.8. The Bertz CT molecular complexity index is 33.1. The minimum Gasteiger partial charge on any atom is -0.396 e. The van der Waals surface area contributed by atoms with Crippen LogP contribution in [0.15, 0.2) is 0 Å². The third-order valence-corrected chi connectivity index (χ3v) is 1.02. The largest absolute Gasteiger partial charge is 0.396 e. The number of aliphatic hydroxyl groups excluding tert-OH is 2. The van der Waals surface area contributed by atoms with Crippen molar-refractivity contribution in [2.75, 3.05) is 13.2 Å². The summed E-state index contributed by atoms with van der Waals surface area (Å²) in [5, 5.41) is 16.1. The van der Waals surface area contributed by atoms with Crippen LogP contribution in [0.4, 0.5) is 0 Å². The van der Waals surface area contributed by atoms with Crippen molar-refractivity contribution in [3.8, 4) is 0 Å². The summed E-state index contributed by atoms with van der Waals surface area (Å²) in [4.78, 5) is 0. The van der Waals surface area contributed by atoms with Crippen molar-refractivity contribution in [3.63, 3.8) is 0 Å². The lowest BCUT2D eigenvalue weighted by Crippen LogP contribution is -1.75. The minimum atomic E-state index is 0. The van der Waals surface area contributed by atoms with E-state index in [1.54, 1.807) is 0 Å². The molecule has 5 N–H and O–H groups in total. The molecule has 0 aliphatic heterocycles. The van der Waals surface area contributed by atoms with Crippen molar-refractivity contribution in [1.82, 2.24) is 6.15 Å². The SMILES string of the molecule is CCCCO.CCCCO.N. The second-order valence-electron chi connectivity index (χ2n) is 2.15. The van der Waals surface area contributed by atoms with Crippen LogP contribution in [0.3, 0.4) is 0 Å². The molecule has 3 heteroatoms. The van der Waals surface area contributed by atoms with Crippen molar-refractivity contribution >= 4 is 0 Å². The molecule has 11 heavy (non-hydrogen) atoms. The van der Waals surface area contributed by atoms with Crippen LogP contribution in [0.5, 0.6) is 0 Å². The molecule has 0 aromatic rings. The Morgan fingerprint density at radius 2 is 1.09 bits per heavy atom. The molecule has 0 heterocycles. The van der Waals surface area contributed by atoms with Gasteiger partial charge in [-0.3, -0.25) is 0 Å². The van der Waals surface area contributed by atoms with Crippen LogP contribution < -0.4 is 6.15 Å². The fourth-order valence-corrected chi connectivity index (χ4v) is 0.316. The molecule has 0 aliphatic carbocycles. The first-order chi connectivity index (χ1) is 4.83. The molecule has 0 aromatic heterocycles. The molecule has 0 fully saturated rings. The molecule has 0 unspecified atom stereocenters. The van der Waals surface area contributed by atoms with Crippen LogP contribution in [0.25, 0.3) is 0 Å². The first-order valence-electron chi connectivity index (χ1n) is 4.05. The standard InChI is InChI=1S/2C4H10O.H3N/c2*1-2-3-4-5;/h2*5H,2-4H2,1H3;1H3. The summed E-state index contributed by atoms with van der Waals surface area (Å²) in [6.07, 6.45) is 4.08. The molecule has 3 nitrogen and oxygen atoms in total. The van der Waals surface area contributed by atoms with Gasteiger partial charge in [-0.1, -0.05) is 26.7 Å². The molecular formula is C8H23NO2. The minimum absolute atomic E-state index is 0. The van der Waals surface area contributed by atoms with Gasteiger partial charge in [0.15, 0.2) is 0 Å². The highest BCUT2D eigenvalue weighted by molar-refractivity contribution is 4.23. The van der Waals surface area contributed by atoms with Gasteiger partial charge in [0.05, 0.1) is 0 Å². The van der Waals surface area contributed by atoms with E-state index < -0.39 is 0 Å². The van der Waals surface area contributed by atoms with Gasteiger partial charge in [0.25, 0.3) is 0 Å². The van der Waals surface area contributed by atoms with E-state index in [-0.39, 0.29) is 6.15 Å². The Morgan fingerprint density at radius 3 is 1.09 bits per heavy atom. The molecule has 0 saturated heterocycles. The third-order valence-electron chi connectivity index (χ3n) is 1.02. The highest BCUT2D eigenvalue weighted by Crippen LogP contribution is 1.79. The van der Waals surface area contributed by atoms with Gasteiger partial charge in [-0.15, -0.1) is 0 Å². The molecule has 0 aliphatic rings. The summed E-state index contributed by atoms with van der Waals surface area (Å²) in [5.74, 6) is 0. The topological polar surface area (TPSA) is 75.5 Å². The van der Waals surface area contributed by atoms with Crippen LogP contribution in [-0.2, 0) is 0 Å². The Hall–Kier alpha value is -0.120. The number of aliphatic hydroxyl groups is 2. The van der Waals surface area contributed by atoms with E-state index >= 15 is 0 Å². The summed E-state index contributed by atoms with van der Waals surface area (Å²) in [6.45, 7) is 4.79. The normalized spacial score (nSPS) is 7.64. The van der Waals surface area contributed by atoms with Crippen LogP contribution in [0.1, 0.15) is 39.5 Å². The van der Waals surface area contributed by atoms with Crippen LogP contribution in [0.2, 0.25) is 0 Å². The molecule has 0 bridgehead atoms. The smallest absolute Gasteiger partial charge is 0.0430 e. The Labute approximate surface area is 70.0 Å². The second kappa shape index (κ2) is 22.5. The molecule has 0 spiro atoms. The van der Waals surface area contributed by atoms with Gasteiger partial charge in [-0.05, 0) is 12.8 Å². The summed E-state index contributed by atoms with van der Waals surface area (Å²) >= 11 is 0. The fraction of sp³-hybridized carbons (Fsp3) is 1.00. The Balaban J connectivity index is -0.000000107. The predicted molar refractivity (Wildman–Crippen MR) is 49.0 cm³/mol. The van der Waals surface area contributed by atoms with Gasteiger partial charge in [0.1, 0.15) is 0 Å². The molecule has 72 valence electrons. The monoisotopic (exact) mass is 165 g/mol. The molecule has 0 radical (unpaired) electrons. The molecule has 0 atom stereocenters. The molecule has 0 saturated carbocycles. The summed E-state index contributed by atoms with van der Waals surface area (Å²) < 4.78 is 0. The maximum Gasteiger partial charge on any atom is 0.0430 e. The van der Waals surface area contributed by atoms with Gasteiger partial charge in [0.2, 0.25) is 0 Å². The van der Waals surface area contributed by atoms with Crippen molar-refractivity contribution in [2.24, 2.45) is 0 Å². The zero-order chi connectivity index (χ0) is 8.24. The Kier molecular flexibility index (Phi) is 35.0. The maximum absolute atomic E-state index is 8.07. The average molecular weight is 165 g/mol. The lowest BCUT2D eigenvalue weighted by molar-refractivity contribution is 0.286.